The van der Waals surface area contributed by atoms with Crippen molar-refractivity contribution in [2.24, 2.45) is 0 Å². The van der Waals surface area contributed by atoms with Gasteiger partial charge >= 0.3 is 5.97 Å². The van der Waals surface area contributed by atoms with Gasteiger partial charge in [0, 0.05) is 13.0 Å². The third kappa shape index (κ3) is 36.0. The van der Waals surface area contributed by atoms with Crippen molar-refractivity contribution in [1.29, 1.82) is 0 Å². The molecule has 0 saturated carbocycles. The molecule has 0 spiro atoms. The molecular weight excluding hydrogens is 568 g/mol. The lowest BCUT2D eigenvalue weighted by Crippen LogP contribution is -2.27. The highest BCUT2D eigenvalue weighted by Crippen LogP contribution is 2.11. The monoisotopic (exact) mass is 639 g/mol. The van der Waals surface area contributed by atoms with Crippen LogP contribution in [0.1, 0.15) is 149 Å². The molecule has 0 aromatic heterocycles. The Hall–Kier alpha value is -2.43. The lowest BCUT2D eigenvalue weighted by atomic mass is 10.1. The summed E-state index contributed by atoms with van der Waals surface area (Å²) in [6.45, 7) is 5.15. The van der Waals surface area contributed by atoms with Crippen molar-refractivity contribution in [2.75, 3.05) is 19.8 Å². The first-order chi connectivity index (χ1) is 22.7. The van der Waals surface area contributed by atoms with Gasteiger partial charge in [-0.05, 0) is 64.2 Å². The van der Waals surface area contributed by atoms with Gasteiger partial charge in [0.15, 0.2) is 0 Å². The molecule has 0 aliphatic heterocycles. The molecule has 262 valence electrons. The quantitative estimate of drug-likeness (QED) is 0.0441. The Morgan fingerprint density at radius 1 is 0.543 bits per heavy atom. The van der Waals surface area contributed by atoms with E-state index in [9.17, 15) is 9.90 Å². The zero-order valence-electron chi connectivity index (χ0n) is 29.8. The van der Waals surface area contributed by atoms with E-state index in [1.807, 2.05) is 0 Å². The highest BCUT2D eigenvalue weighted by molar-refractivity contribution is 5.69. The van der Waals surface area contributed by atoms with Crippen molar-refractivity contribution in [2.45, 2.75) is 155 Å². The van der Waals surface area contributed by atoms with Crippen LogP contribution in [0, 0.1) is 0 Å². The summed E-state index contributed by atoms with van der Waals surface area (Å²) in [7, 11) is 0. The van der Waals surface area contributed by atoms with Gasteiger partial charge in [0.25, 0.3) is 0 Å². The van der Waals surface area contributed by atoms with Gasteiger partial charge in [0.05, 0.1) is 13.2 Å². The molecule has 1 unspecified atom stereocenters. The first-order valence-electron chi connectivity index (χ1n) is 18.7. The number of ether oxygens (including phenoxy) is 2. The van der Waals surface area contributed by atoms with Crippen molar-refractivity contribution in [3.8, 4) is 0 Å². The van der Waals surface area contributed by atoms with Gasteiger partial charge < -0.3 is 14.6 Å². The van der Waals surface area contributed by atoms with Crippen LogP contribution in [0.2, 0.25) is 0 Å². The molecule has 1 N–H and O–H groups in total. The second-order valence-electron chi connectivity index (χ2n) is 11.9. The van der Waals surface area contributed by atoms with Crippen LogP contribution in [0.25, 0.3) is 0 Å². The Morgan fingerprint density at radius 3 is 1.39 bits per heavy atom. The summed E-state index contributed by atoms with van der Waals surface area (Å²) in [5.41, 5.74) is 0. The average molecular weight is 639 g/mol. The predicted octanol–water partition coefficient (Wildman–Crippen LogP) is 12.0. The molecule has 4 nitrogen and oxygen atoms in total. The van der Waals surface area contributed by atoms with Gasteiger partial charge in [-0.15, -0.1) is 0 Å². The molecule has 0 aliphatic rings. The van der Waals surface area contributed by atoms with Gasteiger partial charge in [-0.25, -0.2) is 0 Å². The van der Waals surface area contributed by atoms with Crippen molar-refractivity contribution < 1.29 is 19.4 Å². The number of allylic oxidation sites excluding steroid dienone is 14. The number of esters is 1. The SMILES string of the molecule is CC/C=C\C/C=C\C/C=C\C/C=C\C/C=C\C/C=C\C/C=C\CCCC(=O)OC(CO)COCCCCCCCCCCCCC. The normalized spacial score (nSPS) is 13.4. The Balaban J connectivity index is 3.65. The predicted molar refractivity (Wildman–Crippen MR) is 200 cm³/mol. The van der Waals surface area contributed by atoms with Crippen LogP contribution in [0.5, 0.6) is 0 Å². The fraction of sp³-hybridized carbons (Fsp3) is 0.643. The minimum Gasteiger partial charge on any atom is -0.457 e. The number of carbonyl (C=O) groups excluding carboxylic acids is 1. The summed E-state index contributed by atoms with van der Waals surface area (Å²) in [6.07, 6.45) is 53.4. The Labute approximate surface area is 284 Å². The second kappa shape index (κ2) is 38.8. The van der Waals surface area contributed by atoms with Gasteiger partial charge in [0.1, 0.15) is 6.10 Å². The maximum absolute atomic E-state index is 12.1. The van der Waals surface area contributed by atoms with Crippen molar-refractivity contribution in [3.05, 3.63) is 85.1 Å². The number of hydrogen-bond acceptors (Lipinski definition) is 4. The Kier molecular flexibility index (Phi) is 36.7. The largest absolute Gasteiger partial charge is 0.457 e. The summed E-state index contributed by atoms with van der Waals surface area (Å²) in [6, 6.07) is 0. The number of unbranched alkanes of at least 4 members (excludes halogenated alkanes) is 11. The molecule has 0 heterocycles. The van der Waals surface area contributed by atoms with Crippen LogP contribution in [0.15, 0.2) is 85.1 Å². The molecule has 1 atom stereocenters. The number of rotatable bonds is 33. The third-order valence-corrected chi connectivity index (χ3v) is 7.48. The average Bonchev–Trinajstić information content (AvgIpc) is 3.06. The second-order valence-corrected chi connectivity index (χ2v) is 11.9. The zero-order valence-corrected chi connectivity index (χ0v) is 29.8. The van der Waals surface area contributed by atoms with Crippen molar-refractivity contribution >= 4 is 5.97 Å². The first kappa shape index (κ1) is 43.6. The van der Waals surface area contributed by atoms with Crippen LogP contribution >= 0.6 is 0 Å². The van der Waals surface area contributed by atoms with Crippen LogP contribution in [0.3, 0.4) is 0 Å². The smallest absolute Gasteiger partial charge is 0.306 e. The Morgan fingerprint density at radius 2 is 0.957 bits per heavy atom. The molecular formula is C42H70O4. The molecule has 0 aliphatic carbocycles. The van der Waals surface area contributed by atoms with Gasteiger partial charge in [-0.3, -0.25) is 4.79 Å². The van der Waals surface area contributed by atoms with E-state index in [2.05, 4.69) is 98.9 Å². The van der Waals surface area contributed by atoms with Crippen LogP contribution in [-0.4, -0.2) is 37.0 Å². The molecule has 0 bridgehead atoms. The zero-order chi connectivity index (χ0) is 33.4. The molecule has 0 amide bonds. The van der Waals surface area contributed by atoms with E-state index in [1.54, 1.807) is 0 Å². The number of carbonyl (C=O) groups is 1. The maximum atomic E-state index is 12.1. The third-order valence-electron chi connectivity index (χ3n) is 7.48. The lowest BCUT2D eigenvalue weighted by molar-refractivity contribution is -0.154. The van der Waals surface area contributed by atoms with Crippen molar-refractivity contribution in [1.82, 2.24) is 0 Å². The van der Waals surface area contributed by atoms with E-state index in [-0.39, 0.29) is 19.2 Å². The molecule has 0 saturated heterocycles. The number of aliphatic hydroxyl groups excluding tert-OH is 1. The van der Waals surface area contributed by atoms with E-state index in [4.69, 9.17) is 9.47 Å². The fourth-order valence-corrected chi connectivity index (χ4v) is 4.73. The number of hydrogen-bond donors (Lipinski definition) is 1. The van der Waals surface area contributed by atoms with Gasteiger partial charge in [0.2, 0.25) is 0 Å². The molecule has 0 fully saturated rings. The topological polar surface area (TPSA) is 55.8 Å². The molecule has 0 radical (unpaired) electrons. The summed E-state index contributed by atoms with van der Waals surface area (Å²) in [5, 5.41) is 9.54. The molecule has 0 rings (SSSR count). The van der Waals surface area contributed by atoms with Crippen LogP contribution in [-0.2, 0) is 14.3 Å². The number of aliphatic hydroxyl groups is 1. The van der Waals surface area contributed by atoms with Crippen LogP contribution < -0.4 is 0 Å². The summed E-state index contributed by atoms with van der Waals surface area (Å²) >= 11 is 0. The Bertz CT molecular complexity index is 846. The molecule has 4 heteroatoms. The van der Waals surface area contributed by atoms with E-state index < -0.39 is 6.10 Å². The van der Waals surface area contributed by atoms with E-state index in [0.717, 1.165) is 64.2 Å². The fourth-order valence-electron chi connectivity index (χ4n) is 4.73. The molecule has 46 heavy (non-hydrogen) atoms. The van der Waals surface area contributed by atoms with Crippen molar-refractivity contribution in [3.63, 3.8) is 0 Å². The summed E-state index contributed by atoms with van der Waals surface area (Å²) < 4.78 is 11.0. The summed E-state index contributed by atoms with van der Waals surface area (Å²) in [5.74, 6) is -0.261. The standard InChI is InChI=1S/C42H70O4/c1-3-5-7-9-11-13-15-16-17-18-19-20-21-22-23-24-25-26-27-29-31-33-35-37-42(44)46-41(39-43)40-45-38-36-34-32-30-28-14-12-10-8-6-4-2/h5,7,11,13,16-17,19-20,22-23,25-26,29,31,41,43H,3-4,6,8-10,12,14-15,18,21,24,27-28,30,32-40H2,1-2H3/b7-5-,13-11-,17-16-,20-19-,23-22-,26-25-,31-29-. The highest BCUT2D eigenvalue weighted by atomic mass is 16.6. The minimum absolute atomic E-state index is 0.199. The summed E-state index contributed by atoms with van der Waals surface area (Å²) in [4.78, 5) is 12.1. The van der Waals surface area contributed by atoms with E-state index >= 15 is 0 Å². The first-order valence-corrected chi connectivity index (χ1v) is 18.7. The van der Waals surface area contributed by atoms with Gasteiger partial charge in [-0.1, -0.05) is 163 Å². The molecule has 0 aromatic rings. The van der Waals surface area contributed by atoms with E-state index in [1.165, 1.54) is 64.2 Å². The minimum atomic E-state index is -0.566. The maximum Gasteiger partial charge on any atom is 0.306 e. The lowest BCUT2D eigenvalue weighted by Gasteiger charge is -2.15. The van der Waals surface area contributed by atoms with Gasteiger partial charge in [-0.2, -0.15) is 0 Å². The van der Waals surface area contributed by atoms with Crippen LogP contribution in [0.4, 0.5) is 0 Å². The highest BCUT2D eigenvalue weighted by Gasteiger charge is 2.13. The molecule has 0 aromatic carbocycles. The van der Waals surface area contributed by atoms with E-state index in [0.29, 0.717) is 13.0 Å².